The van der Waals surface area contributed by atoms with E-state index in [1.165, 1.54) is 19.3 Å². The van der Waals surface area contributed by atoms with Crippen LogP contribution in [0.1, 0.15) is 51.9 Å². The molecule has 0 saturated heterocycles. The molecule has 1 aliphatic carbocycles. The molecule has 0 spiro atoms. The van der Waals surface area contributed by atoms with Crippen LogP contribution < -0.4 is 16.2 Å². The minimum absolute atomic E-state index is 0.0949. The molecular weight excluding hydrogens is 246 g/mol. The van der Waals surface area contributed by atoms with Gasteiger partial charge in [0, 0.05) is 12.5 Å². The number of carbonyl (C=O) groups excluding carboxylic acids is 1. The molecule has 2 rings (SSSR count). The van der Waals surface area contributed by atoms with Crippen molar-refractivity contribution >= 4 is 17.9 Å². The molecule has 1 amide bonds. The first-order chi connectivity index (χ1) is 9.28. The van der Waals surface area contributed by atoms with E-state index in [2.05, 4.69) is 26.4 Å². The Labute approximate surface area is 112 Å². The zero-order valence-electron chi connectivity index (χ0n) is 11.2. The van der Waals surface area contributed by atoms with Gasteiger partial charge in [-0.05, 0) is 19.3 Å². The summed E-state index contributed by atoms with van der Waals surface area (Å²) in [6, 6.07) is 1.01. The van der Waals surface area contributed by atoms with Crippen LogP contribution in [0.5, 0.6) is 0 Å². The molecule has 7 heteroatoms. The van der Waals surface area contributed by atoms with Gasteiger partial charge in [-0.3, -0.25) is 10.2 Å². The first-order valence-corrected chi connectivity index (χ1v) is 6.93. The lowest BCUT2D eigenvalue weighted by atomic mass is 9.96. The predicted octanol–water partition coefficient (Wildman–Crippen LogP) is 2.06. The molecule has 1 aromatic rings. The van der Waals surface area contributed by atoms with Gasteiger partial charge in [0.2, 0.25) is 5.91 Å². The molecule has 0 atom stereocenters. The van der Waals surface area contributed by atoms with Crippen molar-refractivity contribution in [2.24, 2.45) is 0 Å². The third kappa shape index (κ3) is 4.42. The van der Waals surface area contributed by atoms with Crippen molar-refractivity contribution in [3.8, 4) is 0 Å². The van der Waals surface area contributed by atoms with Crippen LogP contribution in [0.3, 0.4) is 0 Å². The van der Waals surface area contributed by atoms with Crippen molar-refractivity contribution in [1.29, 1.82) is 0 Å². The Balaban J connectivity index is 1.76. The quantitative estimate of drug-likeness (QED) is 0.683. The summed E-state index contributed by atoms with van der Waals surface area (Å²) < 4.78 is 5.36. The smallest absolute Gasteiger partial charge is 0.336 e. The summed E-state index contributed by atoms with van der Waals surface area (Å²) in [4.78, 5) is 11.3. The summed E-state index contributed by atoms with van der Waals surface area (Å²) in [7, 11) is 0. The second kappa shape index (κ2) is 6.96. The molecule has 1 heterocycles. The van der Waals surface area contributed by atoms with E-state index in [4.69, 9.17) is 4.42 Å². The fourth-order valence-corrected chi connectivity index (χ4v) is 2.17. The minimum atomic E-state index is -0.0949. The van der Waals surface area contributed by atoms with Crippen molar-refractivity contribution in [2.45, 2.75) is 57.9 Å². The predicted molar refractivity (Wildman–Crippen MR) is 71.5 cm³/mol. The van der Waals surface area contributed by atoms with E-state index in [-0.39, 0.29) is 11.9 Å². The Kier molecular flexibility index (Phi) is 5.00. The van der Waals surface area contributed by atoms with Gasteiger partial charge in [0.1, 0.15) is 0 Å². The third-order valence-corrected chi connectivity index (χ3v) is 3.14. The zero-order chi connectivity index (χ0) is 13.5. The van der Waals surface area contributed by atoms with Gasteiger partial charge in [-0.15, -0.1) is 0 Å². The van der Waals surface area contributed by atoms with Crippen LogP contribution in [-0.4, -0.2) is 22.1 Å². The average molecular weight is 267 g/mol. The van der Waals surface area contributed by atoms with Gasteiger partial charge in [0.15, 0.2) is 0 Å². The number of carbonyl (C=O) groups is 1. The summed E-state index contributed by atoms with van der Waals surface area (Å²) in [5.41, 5.74) is 5.11. The highest BCUT2D eigenvalue weighted by Crippen LogP contribution is 2.21. The fourth-order valence-electron chi connectivity index (χ4n) is 2.17. The molecule has 19 heavy (non-hydrogen) atoms. The van der Waals surface area contributed by atoms with Crippen molar-refractivity contribution < 1.29 is 9.21 Å². The van der Waals surface area contributed by atoms with Crippen LogP contribution in [0.4, 0.5) is 12.0 Å². The molecule has 1 aliphatic rings. The maximum atomic E-state index is 11.3. The third-order valence-electron chi connectivity index (χ3n) is 3.14. The topological polar surface area (TPSA) is 92.1 Å². The van der Waals surface area contributed by atoms with E-state index in [0.717, 1.165) is 19.3 Å². The Bertz CT molecular complexity index is 401. The second-order valence-electron chi connectivity index (χ2n) is 4.81. The molecular formula is C12H21N5O2. The Morgan fingerprint density at radius 1 is 1.26 bits per heavy atom. The number of anilines is 2. The van der Waals surface area contributed by atoms with Gasteiger partial charge in [0.25, 0.3) is 0 Å². The maximum absolute atomic E-state index is 11.3. The zero-order valence-corrected chi connectivity index (χ0v) is 11.2. The first-order valence-electron chi connectivity index (χ1n) is 6.93. The molecule has 106 valence electrons. The van der Waals surface area contributed by atoms with E-state index in [1.54, 1.807) is 0 Å². The minimum Gasteiger partial charge on any atom is -0.388 e. The van der Waals surface area contributed by atoms with Crippen LogP contribution in [0, 0.1) is 0 Å². The SMILES string of the molecule is CCCC(=O)NNc1nnc(NC2CCCCC2)o1. The standard InChI is InChI=1S/C12H21N5O2/c1-2-6-10(18)14-16-12-17-15-11(19-12)13-9-7-4-3-5-8-9/h9H,2-8H2,1H3,(H,13,15)(H,14,18)(H,16,17). The van der Waals surface area contributed by atoms with Gasteiger partial charge < -0.3 is 9.73 Å². The molecule has 7 nitrogen and oxygen atoms in total. The van der Waals surface area contributed by atoms with Crippen molar-refractivity contribution in [2.75, 3.05) is 10.7 Å². The van der Waals surface area contributed by atoms with Crippen LogP contribution in [0.2, 0.25) is 0 Å². The normalized spacial score (nSPS) is 16.1. The summed E-state index contributed by atoms with van der Waals surface area (Å²) in [6.45, 7) is 1.94. The average Bonchev–Trinajstić information content (AvgIpc) is 2.86. The number of hydrogen-bond donors (Lipinski definition) is 3. The highest BCUT2D eigenvalue weighted by atomic mass is 16.4. The first kappa shape index (κ1) is 13.6. The molecule has 1 saturated carbocycles. The Morgan fingerprint density at radius 2 is 2.00 bits per heavy atom. The van der Waals surface area contributed by atoms with Crippen molar-refractivity contribution in [3.05, 3.63) is 0 Å². The van der Waals surface area contributed by atoms with Crippen LogP contribution in [-0.2, 0) is 4.79 Å². The fraction of sp³-hybridized carbons (Fsp3) is 0.750. The lowest BCUT2D eigenvalue weighted by Crippen LogP contribution is -2.29. The number of aromatic nitrogens is 2. The van der Waals surface area contributed by atoms with E-state index in [0.29, 0.717) is 18.5 Å². The lowest BCUT2D eigenvalue weighted by Gasteiger charge is -2.21. The number of nitrogens with zero attached hydrogens (tertiary/aromatic N) is 2. The van der Waals surface area contributed by atoms with Crippen molar-refractivity contribution in [3.63, 3.8) is 0 Å². The maximum Gasteiger partial charge on any atom is 0.336 e. The summed E-state index contributed by atoms with van der Waals surface area (Å²) >= 11 is 0. The van der Waals surface area contributed by atoms with Gasteiger partial charge in [0.05, 0.1) is 0 Å². The van der Waals surface area contributed by atoms with E-state index < -0.39 is 0 Å². The Morgan fingerprint density at radius 3 is 2.74 bits per heavy atom. The van der Waals surface area contributed by atoms with Crippen molar-refractivity contribution in [1.82, 2.24) is 15.6 Å². The molecule has 0 aromatic carbocycles. The summed E-state index contributed by atoms with van der Waals surface area (Å²) in [5, 5.41) is 10.9. The summed E-state index contributed by atoms with van der Waals surface area (Å²) in [5.74, 6) is -0.0949. The number of rotatable bonds is 6. The van der Waals surface area contributed by atoms with E-state index in [9.17, 15) is 4.79 Å². The van der Waals surface area contributed by atoms with Crippen LogP contribution in [0.25, 0.3) is 0 Å². The molecule has 0 bridgehead atoms. The van der Waals surface area contributed by atoms with E-state index >= 15 is 0 Å². The van der Waals surface area contributed by atoms with Gasteiger partial charge in [-0.25, -0.2) is 5.43 Å². The van der Waals surface area contributed by atoms with Gasteiger partial charge in [-0.2, -0.15) is 0 Å². The van der Waals surface area contributed by atoms with Crippen LogP contribution >= 0.6 is 0 Å². The highest BCUT2D eigenvalue weighted by Gasteiger charge is 2.16. The molecule has 3 N–H and O–H groups in total. The number of nitrogens with one attached hydrogen (secondary N) is 3. The summed E-state index contributed by atoms with van der Waals surface area (Å²) in [6.07, 6.45) is 7.32. The van der Waals surface area contributed by atoms with Gasteiger partial charge >= 0.3 is 12.0 Å². The van der Waals surface area contributed by atoms with Crippen LogP contribution in [0.15, 0.2) is 4.42 Å². The monoisotopic (exact) mass is 267 g/mol. The number of hydrogen-bond acceptors (Lipinski definition) is 6. The molecule has 0 unspecified atom stereocenters. The highest BCUT2D eigenvalue weighted by molar-refractivity contribution is 5.76. The van der Waals surface area contributed by atoms with E-state index in [1.807, 2.05) is 6.92 Å². The second-order valence-corrected chi connectivity index (χ2v) is 4.81. The Hall–Kier alpha value is -1.79. The largest absolute Gasteiger partial charge is 0.388 e. The number of hydrazine groups is 1. The number of amides is 1. The lowest BCUT2D eigenvalue weighted by molar-refractivity contribution is -0.120. The molecule has 0 aliphatic heterocycles. The van der Waals surface area contributed by atoms with Gasteiger partial charge in [-0.1, -0.05) is 36.4 Å². The molecule has 1 fully saturated rings. The molecule has 1 aromatic heterocycles. The molecule has 0 radical (unpaired) electrons.